The number of thiophene rings is 2. The number of carbonyl (C=O) groups is 2. The van der Waals surface area contributed by atoms with E-state index < -0.39 is 17.7 Å². The Labute approximate surface area is 172 Å². The van der Waals surface area contributed by atoms with Crippen molar-refractivity contribution in [3.63, 3.8) is 0 Å². The lowest BCUT2D eigenvalue weighted by Gasteiger charge is -2.19. The Kier molecular flexibility index (Phi) is 8.31. The molecule has 2 aromatic heterocycles. The highest BCUT2D eigenvalue weighted by Crippen LogP contribution is 2.36. The van der Waals surface area contributed by atoms with Crippen molar-refractivity contribution in [2.24, 2.45) is 0 Å². The van der Waals surface area contributed by atoms with E-state index >= 15 is 0 Å². The Bertz CT molecular complexity index is 767. The minimum Gasteiger partial charge on any atom is -0.478 e. The summed E-state index contributed by atoms with van der Waals surface area (Å²) < 4.78 is 5.82. The molecule has 0 saturated heterocycles. The van der Waals surface area contributed by atoms with Crippen molar-refractivity contribution in [2.75, 3.05) is 5.32 Å². The van der Waals surface area contributed by atoms with Gasteiger partial charge in [0.1, 0.15) is 14.3 Å². The van der Waals surface area contributed by atoms with Crippen molar-refractivity contribution in [2.45, 2.75) is 26.4 Å². The number of carboxylic acids is 1. The lowest BCUT2D eigenvalue weighted by Crippen LogP contribution is -2.27. The van der Waals surface area contributed by atoms with Crippen LogP contribution in [0.4, 0.5) is 10.5 Å². The Morgan fingerprint density at radius 3 is 1.88 bits per heavy atom. The summed E-state index contributed by atoms with van der Waals surface area (Å²) in [7, 11) is 0. The van der Waals surface area contributed by atoms with Gasteiger partial charge < -0.3 is 9.84 Å². The molecule has 0 aliphatic rings. The molecule has 11 heteroatoms. The lowest BCUT2D eigenvalue weighted by atomic mass is 10.2. The number of halogens is 4. The maximum atomic E-state index is 11.4. The van der Waals surface area contributed by atoms with Gasteiger partial charge in [-0.05, 0) is 20.8 Å². The topological polar surface area (TPSA) is 75.6 Å². The number of hydrogen-bond donors (Lipinski definition) is 2. The Hall–Kier alpha value is -0.700. The van der Waals surface area contributed by atoms with Crippen LogP contribution in [0.1, 0.15) is 31.1 Å². The fraction of sp³-hybridized carbons (Fsp3) is 0.286. The zero-order valence-corrected chi connectivity index (χ0v) is 17.8. The Morgan fingerprint density at radius 2 is 1.56 bits per heavy atom. The van der Waals surface area contributed by atoms with Crippen LogP contribution in [0.5, 0.6) is 0 Å². The van der Waals surface area contributed by atoms with E-state index in [1.165, 1.54) is 16.7 Å². The van der Waals surface area contributed by atoms with Crippen LogP contribution in [0.3, 0.4) is 0 Å². The second-order valence-corrected chi connectivity index (χ2v) is 9.13. The van der Waals surface area contributed by atoms with Crippen molar-refractivity contribution >= 4 is 86.8 Å². The monoisotopic (exact) mass is 463 g/mol. The molecular weight excluding hydrogens is 452 g/mol. The van der Waals surface area contributed by atoms with Gasteiger partial charge in [-0.1, -0.05) is 46.4 Å². The van der Waals surface area contributed by atoms with Crippen LogP contribution in [-0.2, 0) is 4.74 Å². The number of carboxylic acid groups (broad SMARTS) is 1. The fourth-order valence-electron chi connectivity index (χ4n) is 1.28. The number of rotatable bonds is 2. The highest BCUT2D eigenvalue weighted by molar-refractivity contribution is 7.16. The SMILES string of the molecule is CC(C)(C)OC(=O)Nc1csc(Cl)c1Cl.O=C(O)c1csc(Cl)c1Cl. The Balaban J connectivity index is 0.000000271. The first kappa shape index (κ1) is 22.3. The van der Waals surface area contributed by atoms with Gasteiger partial charge >= 0.3 is 12.1 Å². The molecule has 0 aliphatic heterocycles. The second kappa shape index (κ2) is 9.30. The van der Waals surface area contributed by atoms with Crippen LogP contribution < -0.4 is 5.32 Å². The molecule has 0 fully saturated rings. The van der Waals surface area contributed by atoms with Gasteiger partial charge in [0.2, 0.25) is 0 Å². The number of nitrogens with one attached hydrogen (secondary N) is 1. The third-order valence-electron chi connectivity index (χ3n) is 2.24. The van der Waals surface area contributed by atoms with E-state index in [0.717, 1.165) is 11.3 Å². The molecule has 138 valence electrons. The first-order chi connectivity index (χ1) is 11.4. The molecule has 0 aliphatic carbocycles. The number of ether oxygens (including phenoxy) is 1. The second-order valence-electron chi connectivity index (χ2n) is 5.41. The van der Waals surface area contributed by atoms with Gasteiger partial charge in [-0.15, -0.1) is 22.7 Å². The molecule has 0 saturated carbocycles. The normalized spacial score (nSPS) is 10.7. The zero-order chi connectivity index (χ0) is 19.4. The van der Waals surface area contributed by atoms with Gasteiger partial charge in [-0.3, -0.25) is 5.32 Å². The average Bonchev–Trinajstić information content (AvgIpc) is 2.95. The van der Waals surface area contributed by atoms with Gasteiger partial charge in [-0.2, -0.15) is 0 Å². The molecule has 2 aromatic rings. The number of hydrogen-bond acceptors (Lipinski definition) is 5. The third kappa shape index (κ3) is 7.21. The summed E-state index contributed by atoms with van der Waals surface area (Å²) >= 11 is 24.9. The predicted octanol–water partition coefficient (Wildman–Crippen LogP) is 7.16. The van der Waals surface area contributed by atoms with E-state index in [1.54, 1.807) is 26.2 Å². The molecule has 5 nitrogen and oxygen atoms in total. The smallest absolute Gasteiger partial charge is 0.412 e. The summed E-state index contributed by atoms with van der Waals surface area (Å²) in [6.45, 7) is 5.36. The van der Waals surface area contributed by atoms with Crippen molar-refractivity contribution in [3.8, 4) is 0 Å². The number of anilines is 1. The maximum absolute atomic E-state index is 11.4. The van der Waals surface area contributed by atoms with E-state index in [2.05, 4.69) is 5.32 Å². The molecular formula is C14H13Cl4NO4S2. The molecule has 2 N–H and O–H groups in total. The molecule has 0 spiro atoms. The molecule has 25 heavy (non-hydrogen) atoms. The van der Waals surface area contributed by atoms with Crippen molar-refractivity contribution in [1.29, 1.82) is 0 Å². The standard InChI is InChI=1S/C9H11Cl2NO2S.C5H2Cl2O2S/c1-9(2,3)14-8(13)12-5-4-15-7(11)6(5)10;6-3-2(5(8)9)1-10-4(3)7/h4H,1-3H3,(H,12,13);1H,(H,8,9). The third-order valence-corrected chi connectivity index (χ3v) is 5.89. The molecule has 2 rings (SSSR count). The molecule has 1 amide bonds. The van der Waals surface area contributed by atoms with Gasteiger partial charge in [0.15, 0.2) is 0 Å². The van der Waals surface area contributed by atoms with E-state index in [9.17, 15) is 9.59 Å². The van der Waals surface area contributed by atoms with Crippen LogP contribution >= 0.6 is 69.1 Å². The van der Waals surface area contributed by atoms with E-state index in [1.807, 2.05) is 0 Å². The summed E-state index contributed by atoms with van der Waals surface area (Å²) in [5.74, 6) is -1.05. The summed E-state index contributed by atoms with van der Waals surface area (Å²) in [6.07, 6.45) is -0.543. The fourth-order valence-corrected chi connectivity index (χ4v) is 3.65. The highest BCUT2D eigenvalue weighted by Gasteiger charge is 2.18. The minimum absolute atomic E-state index is 0.0664. The molecule has 2 heterocycles. The predicted molar refractivity (Wildman–Crippen MR) is 105 cm³/mol. The summed E-state index contributed by atoms with van der Waals surface area (Å²) in [6, 6.07) is 0. The van der Waals surface area contributed by atoms with Crippen molar-refractivity contribution < 1.29 is 19.4 Å². The molecule has 0 aromatic carbocycles. The van der Waals surface area contributed by atoms with Gasteiger partial charge in [0.25, 0.3) is 0 Å². The minimum atomic E-state index is -1.05. The van der Waals surface area contributed by atoms with Gasteiger partial charge in [0, 0.05) is 10.8 Å². The molecule has 0 unspecified atom stereocenters. The van der Waals surface area contributed by atoms with E-state index in [0.29, 0.717) is 19.4 Å². The maximum Gasteiger partial charge on any atom is 0.412 e. The van der Waals surface area contributed by atoms with Crippen LogP contribution in [0.15, 0.2) is 10.8 Å². The zero-order valence-electron chi connectivity index (χ0n) is 13.2. The first-order valence-corrected chi connectivity index (χ1v) is 9.77. The summed E-state index contributed by atoms with van der Waals surface area (Å²) in [5.41, 5.74) is 0.00806. The van der Waals surface area contributed by atoms with E-state index in [-0.39, 0.29) is 10.6 Å². The highest BCUT2D eigenvalue weighted by atomic mass is 35.5. The number of carbonyl (C=O) groups excluding carboxylic acids is 1. The van der Waals surface area contributed by atoms with Crippen molar-refractivity contribution in [1.82, 2.24) is 0 Å². The average molecular weight is 465 g/mol. The largest absolute Gasteiger partial charge is 0.478 e. The van der Waals surface area contributed by atoms with Crippen molar-refractivity contribution in [3.05, 3.63) is 35.0 Å². The summed E-state index contributed by atoms with van der Waals surface area (Å²) in [4.78, 5) is 21.7. The molecule has 0 atom stereocenters. The Morgan fingerprint density at radius 1 is 1.04 bits per heavy atom. The van der Waals surface area contributed by atoms with Crippen LogP contribution in [0.25, 0.3) is 0 Å². The quantitative estimate of drug-likeness (QED) is 0.494. The van der Waals surface area contributed by atoms with Crippen LogP contribution in [0.2, 0.25) is 18.7 Å². The van der Waals surface area contributed by atoms with Gasteiger partial charge in [0.05, 0.1) is 21.3 Å². The van der Waals surface area contributed by atoms with Gasteiger partial charge in [-0.25, -0.2) is 9.59 Å². The number of amides is 1. The van der Waals surface area contributed by atoms with Crippen LogP contribution in [-0.4, -0.2) is 22.8 Å². The van der Waals surface area contributed by atoms with E-state index in [4.69, 9.17) is 56.2 Å². The first-order valence-electron chi connectivity index (χ1n) is 6.50. The molecule has 0 radical (unpaired) electrons. The number of aromatic carboxylic acids is 1. The molecule has 0 bridgehead atoms. The lowest BCUT2D eigenvalue weighted by molar-refractivity contribution is 0.0634. The summed E-state index contributed by atoms with van der Waals surface area (Å²) in [5, 5.41) is 14.5. The van der Waals surface area contributed by atoms with Crippen LogP contribution in [0, 0.1) is 0 Å².